The van der Waals surface area contributed by atoms with Gasteiger partial charge in [-0.25, -0.2) is 5.43 Å². The molecule has 0 radical (unpaired) electrons. The Morgan fingerprint density at radius 2 is 1.82 bits per heavy atom. The number of halogens is 1. The maximum Gasteiger partial charge on any atom is 0.250 e. The van der Waals surface area contributed by atoms with Crippen LogP contribution in [-0.4, -0.2) is 22.5 Å². The molecule has 114 valence electrons. The van der Waals surface area contributed by atoms with Gasteiger partial charge in [0.15, 0.2) is 0 Å². The summed E-state index contributed by atoms with van der Waals surface area (Å²) >= 11 is 7.22. The van der Waals surface area contributed by atoms with Crippen molar-refractivity contribution in [2.45, 2.75) is 11.8 Å². The Morgan fingerprint density at radius 1 is 1.18 bits per heavy atom. The summed E-state index contributed by atoms with van der Waals surface area (Å²) in [5.74, 6) is 0.284. The van der Waals surface area contributed by atoms with Gasteiger partial charge >= 0.3 is 0 Å². The van der Waals surface area contributed by atoms with E-state index in [0.717, 1.165) is 10.5 Å². The number of nitrogens with zero attached hydrogens (tertiary/aromatic N) is 1. The zero-order valence-corrected chi connectivity index (χ0v) is 13.5. The summed E-state index contributed by atoms with van der Waals surface area (Å²) in [6.07, 6.45) is 0. The van der Waals surface area contributed by atoms with Gasteiger partial charge in [0.25, 0.3) is 0 Å². The summed E-state index contributed by atoms with van der Waals surface area (Å²) in [4.78, 5) is 12.7. The molecular weight excluding hydrogens is 320 g/mol. The molecule has 0 fully saturated rings. The third-order valence-electron chi connectivity index (χ3n) is 2.82. The number of phenolic OH excluding ortho intramolecular Hbond substituents is 1. The SMILES string of the molecule is CC(=NNC(=O)CSc1ccc(Cl)cc1)c1ccc(O)cc1. The topological polar surface area (TPSA) is 61.7 Å². The Balaban J connectivity index is 1.85. The smallest absolute Gasteiger partial charge is 0.250 e. The van der Waals surface area contributed by atoms with E-state index < -0.39 is 0 Å². The van der Waals surface area contributed by atoms with Gasteiger partial charge in [-0.15, -0.1) is 11.8 Å². The van der Waals surface area contributed by atoms with Crippen molar-refractivity contribution in [1.82, 2.24) is 5.43 Å². The normalized spacial score (nSPS) is 11.3. The highest BCUT2D eigenvalue weighted by Crippen LogP contribution is 2.19. The minimum Gasteiger partial charge on any atom is -0.508 e. The van der Waals surface area contributed by atoms with Crippen LogP contribution < -0.4 is 5.43 Å². The largest absolute Gasteiger partial charge is 0.508 e. The van der Waals surface area contributed by atoms with Crippen LogP contribution in [0.4, 0.5) is 0 Å². The van der Waals surface area contributed by atoms with Crippen molar-refractivity contribution in [3.63, 3.8) is 0 Å². The molecule has 0 atom stereocenters. The number of thioether (sulfide) groups is 1. The van der Waals surface area contributed by atoms with Crippen molar-refractivity contribution in [2.24, 2.45) is 5.10 Å². The first kappa shape index (κ1) is 16.4. The van der Waals surface area contributed by atoms with Gasteiger partial charge < -0.3 is 5.11 Å². The molecule has 0 bridgehead atoms. The number of hydrogen-bond acceptors (Lipinski definition) is 4. The summed E-state index contributed by atoms with van der Waals surface area (Å²) in [5.41, 5.74) is 4.02. The molecule has 0 aromatic heterocycles. The Morgan fingerprint density at radius 3 is 2.45 bits per heavy atom. The van der Waals surface area contributed by atoms with Gasteiger partial charge in [0, 0.05) is 9.92 Å². The van der Waals surface area contributed by atoms with E-state index in [-0.39, 0.29) is 17.4 Å². The van der Waals surface area contributed by atoms with Crippen LogP contribution in [0.5, 0.6) is 5.75 Å². The van der Waals surface area contributed by atoms with Crippen molar-refractivity contribution in [2.75, 3.05) is 5.75 Å². The van der Waals surface area contributed by atoms with Crippen LogP contribution in [0, 0.1) is 0 Å². The minimum absolute atomic E-state index is 0.182. The first-order chi connectivity index (χ1) is 10.5. The molecule has 0 heterocycles. The summed E-state index contributed by atoms with van der Waals surface area (Å²) in [6, 6.07) is 13.9. The van der Waals surface area contributed by atoms with Crippen LogP contribution in [0.2, 0.25) is 5.02 Å². The van der Waals surface area contributed by atoms with Gasteiger partial charge in [0.05, 0.1) is 11.5 Å². The van der Waals surface area contributed by atoms with Crippen molar-refractivity contribution in [3.8, 4) is 5.75 Å². The molecule has 22 heavy (non-hydrogen) atoms. The molecule has 0 saturated heterocycles. The number of amides is 1. The third kappa shape index (κ3) is 5.09. The van der Waals surface area contributed by atoms with Gasteiger partial charge in [-0.1, -0.05) is 11.6 Å². The standard InChI is InChI=1S/C16H15ClN2O2S/c1-11(12-2-6-14(20)7-3-12)18-19-16(21)10-22-15-8-4-13(17)5-9-15/h2-9,20H,10H2,1H3,(H,19,21). The number of hydrogen-bond donors (Lipinski definition) is 2. The Kier molecular flexibility index (Phi) is 5.86. The zero-order valence-electron chi connectivity index (χ0n) is 11.9. The number of hydrazone groups is 1. The van der Waals surface area contributed by atoms with Crippen LogP contribution in [0.15, 0.2) is 58.5 Å². The van der Waals surface area contributed by atoms with Crippen molar-refractivity contribution < 1.29 is 9.90 Å². The van der Waals surface area contributed by atoms with Crippen LogP contribution in [-0.2, 0) is 4.79 Å². The molecule has 0 saturated carbocycles. The number of benzene rings is 2. The lowest BCUT2D eigenvalue weighted by atomic mass is 10.1. The number of carbonyl (C=O) groups excluding carboxylic acids is 1. The van der Waals surface area contributed by atoms with E-state index >= 15 is 0 Å². The van der Waals surface area contributed by atoms with E-state index in [1.807, 2.05) is 12.1 Å². The Bertz CT molecular complexity index is 670. The highest BCUT2D eigenvalue weighted by molar-refractivity contribution is 8.00. The second-order valence-electron chi connectivity index (χ2n) is 4.52. The molecule has 0 unspecified atom stereocenters. The maximum absolute atomic E-state index is 11.8. The van der Waals surface area contributed by atoms with Crippen LogP contribution in [0.25, 0.3) is 0 Å². The van der Waals surface area contributed by atoms with E-state index in [0.29, 0.717) is 10.7 Å². The van der Waals surface area contributed by atoms with E-state index in [2.05, 4.69) is 10.5 Å². The van der Waals surface area contributed by atoms with Gasteiger partial charge in [-0.05, 0) is 61.0 Å². The molecule has 2 N–H and O–H groups in total. The molecule has 2 aromatic carbocycles. The van der Waals surface area contributed by atoms with E-state index in [4.69, 9.17) is 11.6 Å². The van der Waals surface area contributed by atoms with Crippen molar-refractivity contribution in [3.05, 3.63) is 59.1 Å². The van der Waals surface area contributed by atoms with E-state index in [1.54, 1.807) is 43.3 Å². The molecule has 0 aliphatic carbocycles. The average molecular weight is 335 g/mol. The molecule has 2 rings (SSSR count). The molecule has 0 aliphatic rings. The first-order valence-corrected chi connectivity index (χ1v) is 7.92. The predicted molar refractivity (Wildman–Crippen MR) is 90.6 cm³/mol. The van der Waals surface area contributed by atoms with Gasteiger partial charge in [-0.3, -0.25) is 4.79 Å². The lowest BCUT2D eigenvalue weighted by molar-refractivity contribution is -0.118. The fourth-order valence-electron chi connectivity index (χ4n) is 1.63. The summed E-state index contributed by atoms with van der Waals surface area (Å²) in [7, 11) is 0. The van der Waals surface area contributed by atoms with Crippen LogP contribution in [0.3, 0.4) is 0 Å². The molecular formula is C16H15ClN2O2S. The molecule has 6 heteroatoms. The fourth-order valence-corrected chi connectivity index (χ4v) is 2.44. The van der Waals surface area contributed by atoms with Gasteiger partial charge in [0.2, 0.25) is 5.91 Å². The monoisotopic (exact) mass is 334 g/mol. The molecule has 2 aromatic rings. The highest BCUT2D eigenvalue weighted by atomic mass is 35.5. The number of nitrogens with one attached hydrogen (secondary N) is 1. The third-order valence-corrected chi connectivity index (χ3v) is 4.08. The molecule has 4 nitrogen and oxygen atoms in total. The molecule has 0 spiro atoms. The number of phenols is 1. The first-order valence-electron chi connectivity index (χ1n) is 6.55. The Labute approximate surface area is 138 Å². The predicted octanol–water partition coefficient (Wildman–Crippen LogP) is 3.68. The lowest BCUT2D eigenvalue weighted by Gasteiger charge is -2.04. The van der Waals surface area contributed by atoms with Gasteiger partial charge in [-0.2, -0.15) is 5.10 Å². The van der Waals surface area contributed by atoms with Crippen LogP contribution in [0.1, 0.15) is 12.5 Å². The van der Waals surface area contributed by atoms with E-state index in [9.17, 15) is 9.90 Å². The summed E-state index contributed by atoms with van der Waals surface area (Å²) in [5, 5.41) is 14.0. The second kappa shape index (κ2) is 7.87. The van der Waals surface area contributed by atoms with Crippen molar-refractivity contribution in [1.29, 1.82) is 0 Å². The average Bonchev–Trinajstić information content (AvgIpc) is 2.52. The van der Waals surface area contributed by atoms with Crippen molar-refractivity contribution >= 4 is 35.0 Å². The second-order valence-corrected chi connectivity index (χ2v) is 6.01. The van der Waals surface area contributed by atoms with Crippen LogP contribution >= 0.6 is 23.4 Å². The lowest BCUT2D eigenvalue weighted by Crippen LogP contribution is -2.21. The minimum atomic E-state index is -0.182. The summed E-state index contributed by atoms with van der Waals surface area (Å²) in [6.45, 7) is 1.79. The quantitative estimate of drug-likeness (QED) is 0.498. The number of carbonyl (C=O) groups is 1. The number of aromatic hydroxyl groups is 1. The van der Waals surface area contributed by atoms with E-state index in [1.165, 1.54) is 11.8 Å². The Hall–Kier alpha value is -1.98. The fraction of sp³-hybridized carbons (Fsp3) is 0.125. The molecule has 1 amide bonds. The molecule has 0 aliphatic heterocycles. The number of rotatable bonds is 5. The summed E-state index contributed by atoms with van der Waals surface area (Å²) < 4.78 is 0. The zero-order chi connectivity index (χ0) is 15.9. The maximum atomic E-state index is 11.8. The highest BCUT2D eigenvalue weighted by Gasteiger charge is 2.03. The van der Waals surface area contributed by atoms with Gasteiger partial charge in [0.1, 0.15) is 5.75 Å².